The van der Waals surface area contributed by atoms with Gasteiger partial charge in [-0.05, 0) is 38.1 Å². The molecule has 106 valence electrons. The smallest absolute Gasteiger partial charge is 0.254 e. The first-order valence-corrected chi connectivity index (χ1v) is 5.74. The Balaban J connectivity index is 0.00000180. The highest BCUT2D eigenvalue weighted by Crippen LogP contribution is 2.15. The van der Waals surface area contributed by atoms with Crippen LogP contribution in [0.25, 0.3) is 0 Å². The Bertz CT molecular complexity index is 465. The quantitative estimate of drug-likeness (QED) is 0.819. The first kappa shape index (κ1) is 15.8. The SMILES string of the molecule is Cl.O=C(NC1CCNCC1)c1ccc(F)c(F)c1F. The number of rotatable bonds is 2. The molecule has 1 aromatic carbocycles. The summed E-state index contributed by atoms with van der Waals surface area (Å²) in [6.07, 6.45) is 1.47. The Morgan fingerprint density at radius 2 is 1.79 bits per heavy atom. The van der Waals surface area contributed by atoms with Gasteiger partial charge in [0.05, 0.1) is 5.56 Å². The van der Waals surface area contributed by atoms with Gasteiger partial charge in [-0.3, -0.25) is 4.79 Å². The number of halogens is 4. The Labute approximate surface area is 115 Å². The molecule has 0 aromatic heterocycles. The van der Waals surface area contributed by atoms with Crippen molar-refractivity contribution in [1.82, 2.24) is 10.6 Å². The van der Waals surface area contributed by atoms with Gasteiger partial charge >= 0.3 is 0 Å². The van der Waals surface area contributed by atoms with Gasteiger partial charge in [0.2, 0.25) is 0 Å². The fourth-order valence-electron chi connectivity index (χ4n) is 1.93. The standard InChI is InChI=1S/C12H13F3N2O.ClH/c13-9-2-1-8(10(14)11(9)15)12(18)17-7-3-5-16-6-4-7;/h1-2,7,16H,3-6H2,(H,17,18);1H. The largest absolute Gasteiger partial charge is 0.349 e. The van der Waals surface area contributed by atoms with Crippen molar-refractivity contribution in [2.24, 2.45) is 0 Å². The zero-order chi connectivity index (χ0) is 13.1. The minimum absolute atomic E-state index is 0. The summed E-state index contributed by atoms with van der Waals surface area (Å²) in [6, 6.07) is 1.63. The molecule has 0 saturated carbocycles. The second kappa shape index (κ2) is 6.77. The van der Waals surface area contributed by atoms with E-state index < -0.39 is 28.9 Å². The van der Waals surface area contributed by atoms with Crippen molar-refractivity contribution in [3.05, 3.63) is 35.1 Å². The first-order chi connectivity index (χ1) is 8.59. The zero-order valence-corrected chi connectivity index (χ0v) is 10.8. The van der Waals surface area contributed by atoms with E-state index in [0.29, 0.717) is 0 Å². The summed E-state index contributed by atoms with van der Waals surface area (Å²) in [4.78, 5) is 11.7. The number of hydrogen-bond acceptors (Lipinski definition) is 2. The average molecular weight is 295 g/mol. The van der Waals surface area contributed by atoms with Crippen LogP contribution in [0.5, 0.6) is 0 Å². The molecule has 1 saturated heterocycles. The highest BCUT2D eigenvalue weighted by molar-refractivity contribution is 5.94. The molecular formula is C12H14ClF3N2O. The van der Waals surface area contributed by atoms with Gasteiger partial charge in [-0.2, -0.15) is 0 Å². The molecule has 1 heterocycles. The van der Waals surface area contributed by atoms with Gasteiger partial charge in [0.15, 0.2) is 17.5 Å². The highest BCUT2D eigenvalue weighted by atomic mass is 35.5. The van der Waals surface area contributed by atoms with Gasteiger partial charge in [0.1, 0.15) is 0 Å². The third kappa shape index (κ3) is 3.61. The number of benzene rings is 1. The van der Waals surface area contributed by atoms with Gasteiger partial charge < -0.3 is 10.6 Å². The van der Waals surface area contributed by atoms with E-state index >= 15 is 0 Å². The van der Waals surface area contributed by atoms with Crippen molar-refractivity contribution in [2.75, 3.05) is 13.1 Å². The maximum Gasteiger partial charge on any atom is 0.254 e. The predicted octanol–water partition coefficient (Wildman–Crippen LogP) is 2.01. The summed E-state index contributed by atoms with van der Waals surface area (Å²) in [7, 11) is 0. The molecule has 2 rings (SSSR count). The maximum atomic E-state index is 13.4. The van der Waals surface area contributed by atoms with Crippen molar-refractivity contribution < 1.29 is 18.0 Å². The lowest BCUT2D eigenvalue weighted by molar-refractivity contribution is 0.0924. The molecule has 19 heavy (non-hydrogen) atoms. The van der Waals surface area contributed by atoms with Gasteiger partial charge in [0, 0.05) is 6.04 Å². The van der Waals surface area contributed by atoms with Gasteiger partial charge in [-0.15, -0.1) is 12.4 Å². The second-order valence-corrected chi connectivity index (χ2v) is 4.22. The van der Waals surface area contributed by atoms with Crippen molar-refractivity contribution in [3.8, 4) is 0 Å². The zero-order valence-electron chi connectivity index (χ0n) is 10.0. The Hall–Kier alpha value is -1.27. The van der Waals surface area contributed by atoms with Crippen molar-refractivity contribution in [1.29, 1.82) is 0 Å². The van der Waals surface area contributed by atoms with Crippen LogP contribution in [0.4, 0.5) is 13.2 Å². The van der Waals surface area contributed by atoms with Crippen LogP contribution >= 0.6 is 12.4 Å². The van der Waals surface area contributed by atoms with Crippen molar-refractivity contribution in [3.63, 3.8) is 0 Å². The van der Waals surface area contributed by atoms with Gasteiger partial charge in [-0.1, -0.05) is 0 Å². The Morgan fingerprint density at radius 3 is 2.42 bits per heavy atom. The van der Waals surface area contributed by atoms with E-state index in [0.717, 1.165) is 38.1 Å². The summed E-state index contributed by atoms with van der Waals surface area (Å²) >= 11 is 0. The molecule has 0 bridgehead atoms. The number of amides is 1. The monoisotopic (exact) mass is 294 g/mol. The van der Waals surface area contributed by atoms with Crippen LogP contribution in [0.15, 0.2) is 12.1 Å². The summed E-state index contributed by atoms with van der Waals surface area (Å²) in [5.41, 5.74) is -0.465. The highest BCUT2D eigenvalue weighted by Gasteiger charge is 2.21. The number of carbonyl (C=O) groups is 1. The minimum Gasteiger partial charge on any atom is -0.349 e. The maximum absolute atomic E-state index is 13.4. The van der Waals surface area contributed by atoms with Crippen LogP contribution < -0.4 is 10.6 Å². The van der Waals surface area contributed by atoms with Crippen molar-refractivity contribution >= 4 is 18.3 Å². The minimum atomic E-state index is -1.62. The molecule has 0 atom stereocenters. The summed E-state index contributed by atoms with van der Waals surface area (Å²) < 4.78 is 39.1. The van der Waals surface area contributed by atoms with Crippen LogP contribution in [0.3, 0.4) is 0 Å². The Morgan fingerprint density at radius 1 is 1.16 bits per heavy atom. The van der Waals surface area contributed by atoms with E-state index in [9.17, 15) is 18.0 Å². The molecule has 0 spiro atoms. The van der Waals surface area contributed by atoms with E-state index in [-0.39, 0.29) is 18.4 Å². The molecule has 1 amide bonds. The third-order valence-electron chi connectivity index (χ3n) is 2.95. The van der Waals surface area contributed by atoms with Crippen LogP contribution in [0.2, 0.25) is 0 Å². The van der Waals surface area contributed by atoms with E-state index in [2.05, 4.69) is 10.6 Å². The van der Waals surface area contributed by atoms with Gasteiger partial charge in [-0.25, -0.2) is 13.2 Å². The molecule has 1 aliphatic rings. The summed E-state index contributed by atoms with van der Waals surface area (Å²) in [5.74, 6) is -5.07. The lowest BCUT2D eigenvalue weighted by Crippen LogP contribution is -2.43. The lowest BCUT2D eigenvalue weighted by atomic mass is 10.1. The normalized spacial score (nSPS) is 15.7. The summed E-state index contributed by atoms with van der Waals surface area (Å²) in [5, 5.41) is 5.74. The number of nitrogens with one attached hydrogen (secondary N) is 2. The molecule has 0 radical (unpaired) electrons. The van der Waals surface area contributed by atoms with E-state index in [1.807, 2.05) is 0 Å². The van der Waals surface area contributed by atoms with Crippen LogP contribution in [0, 0.1) is 17.5 Å². The number of piperidine rings is 1. The van der Waals surface area contributed by atoms with Crippen LogP contribution in [0.1, 0.15) is 23.2 Å². The molecule has 0 unspecified atom stereocenters. The number of carbonyl (C=O) groups excluding carboxylic acids is 1. The third-order valence-corrected chi connectivity index (χ3v) is 2.95. The molecule has 1 aromatic rings. The fraction of sp³-hybridized carbons (Fsp3) is 0.417. The van der Waals surface area contributed by atoms with Crippen LogP contribution in [-0.2, 0) is 0 Å². The lowest BCUT2D eigenvalue weighted by Gasteiger charge is -2.23. The summed E-state index contributed by atoms with van der Waals surface area (Å²) in [6.45, 7) is 1.54. The van der Waals surface area contributed by atoms with Crippen LogP contribution in [-0.4, -0.2) is 25.0 Å². The molecule has 1 fully saturated rings. The van der Waals surface area contributed by atoms with E-state index in [1.165, 1.54) is 0 Å². The molecule has 7 heteroatoms. The molecule has 3 nitrogen and oxygen atoms in total. The topological polar surface area (TPSA) is 41.1 Å². The molecular weight excluding hydrogens is 281 g/mol. The average Bonchev–Trinajstić information content (AvgIpc) is 2.37. The predicted molar refractivity (Wildman–Crippen MR) is 66.9 cm³/mol. The number of hydrogen-bond donors (Lipinski definition) is 2. The second-order valence-electron chi connectivity index (χ2n) is 4.22. The molecule has 2 N–H and O–H groups in total. The van der Waals surface area contributed by atoms with Crippen molar-refractivity contribution in [2.45, 2.75) is 18.9 Å². The van der Waals surface area contributed by atoms with E-state index in [1.54, 1.807) is 0 Å². The Kier molecular flexibility index (Phi) is 5.62. The van der Waals surface area contributed by atoms with Gasteiger partial charge in [0.25, 0.3) is 5.91 Å². The molecule has 1 aliphatic heterocycles. The molecule has 0 aliphatic carbocycles. The first-order valence-electron chi connectivity index (χ1n) is 5.74. The fourth-order valence-corrected chi connectivity index (χ4v) is 1.93. The van der Waals surface area contributed by atoms with E-state index in [4.69, 9.17) is 0 Å².